The van der Waals surface area contributed by atoms with Gasteiger partial charge in [0.1, 0.15) is 12.5 Å². The highest BCUT2D eigenvalue weighted by Gasteiger charge is 2.39. The monoisotopic (exact) mass is 509 g/mol. The van der Waals surface area contributed by atoms with Crippen molar-refractivity contribution in [3.63, 3.8) is 0 Å². The Morgan fingerprint density at radius 2 is 1.89 bits per heavy atom. The average Bonchev–Trinajstić information content (AvgIpc) is 3.46. The predicted molar refractivity (Wildman–Crippen MR) is 151 cm³/mol. The summed E-state index contributed by atoms with van der Waals surface area (Å²) in [7, 11) is 0. The van der Waals surface area contributed by atoms with Gasteiger partial charge in [0.15, 0.2) is 0 Å². The van der Waals surface area contributed by atoms with Crippen LogP contribution in [0.4, 0.5) is 0 Å². The van der Waals surface area contributed by atoms with Gasteiger partial charge >= 0.3 is 0 Å². The lowest BCUT2D eigenvalue weighted by Crippen LogP contribution is -2.37. The van der Waals surface area contributed by atoms with E-state index in [4.69, 9.17) is 15.6 Å². The standard InChI is InChI=1S/C30H35N7O/c31-30-16-29-27(22-6-7-23-19-36(34-28(23)14-22)17-21-4-2-1-3-5-21)15-26(37(29)33-20-32-30)13-24-12-25(24)18-35-8-10-38-11-9-35/h1-7,14-15,19,24-25,33H,8-13,16-18,20H2,(H2,31,32). The lowest BCUT2D eigenvalue weighted by atomic mass is 10.0. The number of ether oxygens (including phenoxy) is 1. The van der Waals surface area contributed by atoms with Crippen molar-refractivity contribution in [2.45, 2.75) is 25.8 Å². The number of amidine groups is 1. The minimum absolute atomic E-state index is 0.505. The molecule has 8 heteroatoms. The van der Waals surface area contributed by atoms with Gasteiger partial charge in [-0.1, -0.05) is 42.5 Å². The first kappa shape index (κ1) is 23.5. The van der Waals surface area contributed by atoms with Crippen LogP contribution in [0.25, 0.3) is 22.0 Å². The SMILES string of the molecule is NC1=NCNn2c(CC3CC3CN3CCOCC3)cc(-c3ccc4cn(Cc5ccccc5)nc4c3)c2C1. The van der Waals surface area contributed by atoms with Crippen LogP contribution in [0.15, 0.2) is 65.8 Å². The van der Waals surface area contributed by atoms with Gasteiger partial charge < -0.3 is 15.9 Å². The van der Waals surface area contributed by atoms with Crippen LogP contribution in [0.3, 0.4) is 0 Å². The van der Waals surface area contributed by atoms with Gasteiger partial charge in [0, 0.05) is 48.9 Å². The summed E-state index contributed by atoms with van der Waals surface area (Å²) in [6.07, 6.45) is 5.15. The van der Waals surface area contributed by atoms with Crippen molar-refractivity contribution < 1.29 is 4.74 Å². The summed E-state index contributed by atoms with van der Waals surface area (Å²) in [4.78, 5) is 7.06. The maximum absolute atomic E-state index is 6.28. The van der Waals surface area contributed by atoms with E-state index in [2.05, 4.69) is 74.7 Å². The van der Waals surface area contributed by atoms with Crippen molar-refractivity contribution in [2.24, 2.45) is 22.6 Å². The number of aliphatic imine (C=N–C) groups is 1. The van der Waals surface area contributed by atoms with E-state index in [1.165, 1.54) is 41.0 Å². The lowest BCUT2D eigenvalue weighted by Gasteiger charge is -2.26. The van der Waals surface area contributed by atoms with Crippen LogP contribution in [0.2, 0.25) is 0 Å². The summed E-state index contributed by atoms with van der Waals surface area (Å²) in [5.41, 5.74) is 17.0. The van der Waals surface area contributed by atoms with Gasteiger partial charge in [0.05, 0.1) is 31.0 Å². The molecule has 2 aliphatic heterocycles. The molecule has 2 atom stereocenters. The Morgan fingerprint density at radius 3 is 2.76 bits per heavy atom. The summed E-state index contributed by atoms with van der Waals surface area (Å²) in [6, 6.07) is 19.5. The highest BCUT2D eigenvalue weighted by Crippen LogP contribution is 2.43. The normalized spacial score (nSPS) is 21.5. The smallest absolute Gasteiger partial charge is 0.124 e. The van der Waals surface area contributed by atoms with Crippen LogP contribution in [-0.2, 0) is 24.1 Å². The molecule has 1 aliphatic carbocycles. The fraction of sp³-hybridized carbons (Fsp3) is 0.400. The molecule has 3 N–H and O–H groups in total. The van der Waals surface area contributed by atoms with Crippen LogP contribution >= 0.6 is 0 Å². The molecule has 2 fully saturated rings. The van der Waals surface area contributed by atoms with Crippen molar-refractivity contribution >= 4 is 16.7 Å². The molecule has 4 aromatic rings. The number of fused-ring (bicyclic) bond motifs is 2. The van der Waals surface area contributed by atoms with Gasteiger partial charge in [-0.3, -0.25) is 14.3 Å². The number of benzene rings is 2. The number of nitrogens with two attached hydrogens (primary N) is 1. The van der Waals surface area contributed by atoms with Crippen molar-refractivity contribution in [3.05, 3.63) is 77.7 Å². The molecule has 2 aromatic heterocycles. The quantitative estimate of drug-likeness (QED) is 0.399. The molecular weight excluding hydrogens is 474 g/mol. The maximum Gasteiger partial charge on any atom is 0.124 e. The molecule has 7 rings (SSSR count). The van der Waals surface area contributed by atoms with E-state index < -0.39 is 0 Å². The van der Waals surface area contributed by atoms with Crippen LogP contribution in [0.5, 0.6) is 0 Å². The van der Waals surface area contributed by atoms with Crippen molar-refractivity contribution in [3.8, 4) is 11.1 Å². The fourth-order valence-electron chi connectivity index (χ4n) is 6.07. The second-order valence-corrected chi connectivity index (χ2v) is 10.9. The van der Waals surface area contributed by atoms with Gasteiger partial charge in [0.25, 0.3) is 0 Å². The molecule has 0 bridgehead atoms. The molecule has 1 saturated heterocycles. The summed E-state index contributed by atoms with van der Waals surface area (Å²) < 4.78 is 9.82. The molecule has 4 heterocycles. The average molecular weight is 510 g/mol. The lowest BCUT2D eigenvalue weighted by molar-refractivity contribution is 0.0351. The Balaban J connectivity index is 1.15. The number of rotatable bonds is 7. The van der Waals surface area contributed by atoms with E-state index in [1.807, 2.05) is 10.7 Å². The second kappa shape index (κ2) is 9.93. The summed E-state index contributed by atoms with van der Waals surface area (Å²) in [6.45, 7) is 6.33. The topological polar surface area (TPSA) is 85.6 Å². The molecule has 1 saturated carbocycles. The molecular formula is C30H35N7O. The van der Waals surface area contributed by atoms with Gasteiger partial charge in [-0.05, 0) is 47.9 Å². The van der Waals surface area contributed by atoms with E-state index in [1.54, 1.807) is 0 Å². The third-order valence-electron chi connectivity index (χ3n) is 8.23. The molecule has 0 radical (unpaired) electrons. The molecule has 2 aromatic carbocycles. The first-order chi connectivity index (χ1) is 18.7. The number of hydrogen-bond acceptors (Lipinski definition) is 6. The zero-order chi connectivity index (χ0) is 25.5. The van der Waals surface area contributed by atoms with Gasteiger partial charge in [-0.25, -0.2) is 4.99 Å². The van der Waals surface area contributed by atoms with E-state index in [9.17, 15) is 0 Å². The molecule has 38 heavy (non-hydrogen) atoms. The summed E-state index contributed by atoms with van der Waals surface area (Å²) in [5, 5.41) is 6.05. The second-order valence-electron chi connectivity index (χ2n) is 10.9. The van der Waals surface area contributed by atoms with Crippen LogP contribution < -0.4 is 11.2 Å². The summed E-state index contributed by atoms with van der Waals surface area (Å²) >= 11 is 0. The summed E-state index contributed by atoms with van der Waals surface area (Å²) in [5.74, 6) is 2.18. The molecule has 3 aliphatic rings. The van der Waals surface area contributed by atoms with E-state index >= 15 is 0 Å². The highest BCUT2D eigenvalue weighted by atomic mass is 16.5. The Bertz CT molecular complexity index is 1460. The maximum atomic E-state index is 6.28. The Morgan fingerprint density at radius 1 is 1.03 bits per heavy atom. The van der Waals surface area contributed by atoms with Crippen molar-refractivity contribution in [1.82, 2.24) is 19.4 Å². The number of morpholine rings is 1. The third kappa shape index (κ3) is 4.81. The molecule has 196 valence electrons. The van der Waals surface area contributed by atoms with Gasteiger partial charge in [0.2, 0.25) is 0 Å². The molecule has 2 unspecified atom stereocenters. The molecule has 0 spiro atoms. The van der Waals surface area contributed by atoms with E-state index in [0.29, 0.717) is 18.9 Å². The predicted octanol–water partition coefficient (Wildman–Crippen LogP) is 3.48. The number of nitrogens with one attached hydrogen (secondary N) is 1. The minimum atomic E-state index is 0.505. The highest BCUT2D eigenvalue weighted by molar-refractivity contribution is 5.88. The molecule has 0 amide bonds. The number of aromatic nitrogens is 3. The number of hydrogen-bond donors (Lipinski definition) is 2. The van der Waals surface area contributed by atoms with Crippen molar-refractivity contribution in [2.75, 3.05) is 44.9 Å². The van der Waals surface area contributed by atoms with Crippen molar-refractivity contribution in [1.29, 1.82) is 0 Å². The first-order valence-electron chi connectivity index (χ1n) is 13.8. The first-order valence-corrected chi connectivity index (χ1v) is 13.8. The zero-order valence-electron chi connectivity index (χ0n) is 21.7. The van der Waals surface area contributed by atoms with Crippen LogP contribution in [0.1, 0.15) is 23.4 Å². The Kier molecular flexibility index (Phi) is 6.14. The van der Waals surface area contributed by atoms with Gasteiger partial charge in [-0.15, -0.1) is 0 Å². The van der Waals surface area contributed by atoms with E-state index in [0.717, 1.165) is 62.0 Å². The van der Waals surface area contributed by atoms with Gasteiger partial charge in [-0.2, -0.15) is 5.10 Å². The fourth-order valence-corrected chi connectivity index (χ4v) is 6.07. The third-order valence-corrected chi connectivity index (χ3v) is 8.23. The minimum Gasteiger partial charge on any atom is -0.387 e. The van der Waals surface area contributed by atoms with Crippen LogP contribution in [0, 0.1) is 11.8 Å². The zero-order valence-corrected chi connectivity index (χ0v) is 21.7. The van der Waals surface area contributed by atoms with Crippen LogP contribution in [-0.4, -0.2) is 64.7 Å². The van der Waals surface area contributed by atoms with E-state index in [-0.39, 0.29) is 0 Å². The number of nitrogens with zero attached hydrogens (tertiary/aromatic N) is 5. The molecule has 8 nitrogen and oxygen atoms in total. The Hall–Kier alpha value is -3.62. The Labute approximate surface area is 223 Å². The largest absolute Gasteiger partial charge is 0.387 e.